The minimum Gasteiger partial charge on any atom is -0.493 e. The normalized spacial score (nSPS) is 10.0. The van der Waals surface area contributed by atoms with Gasteiger partial charge in [-0.15, -0.1) is 0 Å². The van der Waals surface area contributed by atoms with Crippen LogP contribution in [0.4, 0.5) is 5.69 Å². The van der Waals surface area contributed by atoms with E-state index < -0.39 is 0 Å². The Hall–Kier alpha value is -2.23. The summed E-state index contributed by atoms with van der Waals surface area (Å²) in [4.78, 5) is 4.15. The first-order valence-corrected chi connectivity index (χ1v) is 5.20. The molecular formula is C13H13N2O2. The van der Waals surface area contributed by atoms with Gasteiger partial charge in [0.05, 0.1) is 18.5 Å². The van der Waals surface area contributed by atoms with Crippen LogP contribution in [-0.2, 0) is 0 Å². The first-order chi connectivity index (χ1) is 8.20. The Morgan fingerprint density at radius 3 is 2.65 bits per heavy atom. The van der Waals surface area contributed by atoms with E-state index in [1.165, 1.54) is 0 Å². The predicted octanol–water partition coefficient (Wildman–Crippen LogP) is 3.11. The third kappa shape index (κ3) is 2.47. The molecule has 0 aliphatic heterocycles. The molecule has 0 fully saturated rings. The quantitative estimate of drug-likeness (QED) is 0.812. The number of hydrogen-bond acceptors (Lipinski definition) is 3. The highest BCUT2D eigenvalue weighted by atomic mass is 16.5. The summed E-state index contributed by atoms with van der Waals surface area (Å²) in [5.41, 5.74) is 8.71. The van der Waals surface area contributed by atoms with E-state index in [9.17, 15) is 0 Å². The number of pyridine rings is 1. The largest absolute Gasteiger partial charge is 0.493 e. The molecule has 0 saturated carbocycles. The molecule has 0 bridgehead atoms. The minimum atomic E-state index is 0.386. The van der Waals surface area contributed by atoms with Gasteiger partial charge in [0.2, 0.25) is 0 Å². The van der Waals surface area contributed by atoms with Gasteiger partial charge in [0, 0.05) is 12.3 Å². The molecule has 0 unspecified atom stereocenters. The molecule has 1 N–H and O–H groups in total. The van der Waals surface area contributed by atoms with Crippen molar-refractivity contribution in [2.75, 3.05) is 7.11 Å². The number of ether oxygens (including phenoxy) is 2. The van der Waals surface area contributed by atoms with Crippen molar-refractivity contribution in [1.82, 2.24) is 10.7 Å². The maximum Gasteiger partial charge on any atom is 0.169 e. The molecule has 4 heteroatoms. The van der Waals surface area contributed by atoms with E-state index in [-0.39, 0.29) is 0 Å². The summed E-state index contributed by atoms with van der Waals surface area (Å²) < 4.78 is 10.9. The van der Waals surface area contributed by atoms with Crippen molar-refractivity contribution in [2.45, 2.75) is 6.92 Å². The number of hydrogen-bond donors (Lipinski definition) is 0. The fourth-order valence-electron chi connectivity index (χ4n) is 1.45. The van der Waals surface area contributed by atoms with E-state index in [1.807, 2.05) is 19.1 Å². The highest BCUT2D eigenvalue weighted by Crippen LogP contribution is 2.33. The van der Waals surface area contributed by atoms with Crippen LogP contribution in [0.1, 0.15) is 5.69 Å². The summed E-state index contributed by atoms with van der Waals surface area (Å²) in [6.45, 7) is 1.88. The van der Waals surface area contributed by atoms with Gasteiger partial charge in [-0.05, 0) is 31.2 Å². The molecule has 87 valence electrons. The number of rotatable bonds is 3. The molecule has 2 rings (SSSR count). The maximum atomic E-state index is 7.51. The van der Waals surface area contributed by atoms with E-state index in [0.717, 1.165) is 5.69 Å². The van der Waals surface area contributed by atoms with Gasteiger partial charge in [0.1, 0.15) is 5.75 Å². The van der Waals surface area contributed by atoms with Gasteiger partial charge in [0.25, 0.3) is 0 Å². The summed E-state index contributed by atoms with van der Waals surface area (Å²) in [5, 5.41) is 0. The third-order valence-corrected chi connectivity index (χ3v) is 2.34. The lowest BCUT2D eigenvalue weighted by Crippen LogP contribution is -1.93. The Kier molecular flexibility index (Phi) is 3.14. The zero-order valence-electron chi connectivity index (χ0n) is 9.73. The summed E-state index contributed by atoms with van der Waals surface area (Å²) in [6, 6.07) is 8.64. The predicted molar refractivity (Wildman–Crippen MR) is 64.8 cm³/mol. The third-order valence-electron chi connectivity index (χ3n) is 2.34. The molecule has 4 nitrogen and oxygen atoms in total. The Morgan fingerprint density at radius 2 is 1.94 bits per heavy atom. The van der Waals surface area contributed by atoms with Crippen LogP contribution in [-0.4, -0.2) is 12.1 Å². The number of aromatic nitrogens is 1. The second-order valence-corrected chi connectivity index (χ2v) is 3.55. The highest BCUT2D eigenvalue weighted by Gasteiger charge is 2.07. The van der Waals surface area contributed by atoms with Gasteiger partial charge in [-0.2, -0.15) is 0 Å². The van der Waals surface area contributed by atoms with E-state index in [4.69, 9.17) is 15.2 Å². The summed E-state index contributed by atoms with van der Waals surface area (Å²) in [6.07, 6.45) is 1.71. The lowest BCUT2D eigenvalue weighted by atomic mass is 10.3. The second kappa shape index (κ2) is 4.74. The van der Waals surface area contributed by atoms with Crippen LogP contribution in [0.25, 0.3) is 0 Å². The molecule has 1 heterocycles. The summed E-state index contributed by atoms with van der Waals surface area (Å²) in [7, 11) is 1.55. The standard InChI is InChI=1S/C13H13N2O2/c1-9-11(4-3-7-15-9)17-12-6-5-10(14)8-13(12)16-2/h3-8,14H,1-2H3. The second-order valence-electron chi connectivity index (χ2n) is 3.55. The molecule has 1 aromatic heterocycles. The van der Waals surface area contributed by atoms with Gasteiger partial charge in [0.15, 0.2) is 11.5 Å². The SMILES string of the molecule is COc1cc([NH])ccc1Oc1cccnc1C. The number of nitrogens with zero attached hydrogens (tertiary/aromatic N) is 1. The summed E-state index contributed by atoms with van der Waals surface area (Å²) >= 11 is 0. The average molecular weight is 229 g/mol. The van der Waals surface area contributed by atoms with E-state index in [2.05, 4.69) is 4.98 Å². The Morgan fingerprint density at radius 1 is 1.12 bits per heavy atom. The van der Waals surface area contributed by atoms with Crippen LogP contribution in [0.3, 0.4) is 0 Å². The van der Waals surface area contributed by atoms with E-state index in [0.29, 0.717) is 22.9 Å². The van der Waals surface area contributed by atoms with Gasteiger partial charge in [-0.1, -0.05) is 0 Å². The summed E-state index contributed by atoms with van der Waals surface area (Å²) in [5.74, 6) is 1.81. The van der Waals surface area contributed by atoms with Crippen molar-refractivity contribution >= 4 is 5.69 Å². The fraction of sp³-hybridized carbons (Fsp3) is 0.154. The van der Waals surface area contributed by atoms with Crippen LogP contribution in [0.5, 0.6) is 17.2 Å². The molecule has 0 atom stereocenters. The van der Waals surface area contributed by atoms with Gasteiger partial charge < -0.3 is 15.2 Å². The van der Waals surface area contributed by atoms with Gasteiger partial charge in [-0.3, -0.25) is 4.98 Å². The van der Waals surface area contributed by atoms with Crippen LogP contribution >= 0.6 is 0 Å². The lowest BCUT2D eigenvalue weighted by molar-refractivity contribution is 0.377. The van der Waals surface area contributed by atoms with Crippen LogP contribution < -0.4 is 15.2 Å². The average Bonchev–Trinajstić information content (AvgIpc) is 2.34. The maximum absolute atomic E-state index is 7.51. The lowest BCUT2D eigenvalue weighted by Gasteiger charge is -2.11. The molecule has 0 saturated heterocycles. The molecule has 2 aromatic rings. The Balaban J connectivity index is 2.33. The molecule has 17 heavy (non-hydrogen) atoms. The number of aryl methyl sites for hydroxylation is 1. The van der Waals surface area contributed by atoms with E-state index >= 15 is 0 Å². The molecule has 1 aromatic carbocycles. The first-order valence-electron chi connectivity index (χ1n) is 5.20. The van der Waals surface area contributed by atoms with Gasteiger partial charge >= 0.3 is 0 Å². The highest BCUT2D eigenvalue weighted by molar-refractivity contribution is 5.51. The number of benzene rings is 1. The Bertz CT molecular complexity index is 527. The monoisotopic (exact) mass is 229 g/mol. The van der Waals surface area contributed by atoms with Crippen molar-refractivity contribution < 1.29 is 9.47 Å². The van der Waals surface area contributed by atoms with Crippen molar-refractivity contribution in [2.24, 2.45) is 0 Å². The molecule has 0 spiro atoms. The molecule has 0 aliphatic rings. The van der Waals surface area contributed by atoms with E-state index in [1.54, 1.807) is 31.5 Å². The molecular weight excluding hydrogens is 216 g/mol. The fourth-order valence-corrected chi connectivity index (χ4v) is 1.45. The minimum absolute atomic E-state index is 0.386. The topological polar surface area (TPSA) is 55.2 Å². The van der Waals surface area contributed by atoms with Crippen LogP contribution in [0.15, 0.2) is 36.5 Å². The van der Waals surface area contributed by atoms with Crippen molar-refractivity contribution in [3.05, 3.63) is 42.2 Å². The van der Waals surface area contributed by atoms with Gasteiger partial charge in [-0.25, -0.2) is 0 Å². The van der Waals surface area contributed by atoms with Crippen molar-refractivity contribution in [3.8, 4) is 17.2 Å². The zero-order chi connectivity index (χ0) is 12.3. The molecule has 0 aliphatic carbocycles. The Labute approximate surface area is 100 Å². The molecule has 0 amide bonds. The smallest absolute Gasteiger partial charge is 0.169 e. The van der Waals surface area contributed by atoms with Crippen molar-refractivity contribution in [1.29, 1.82) is 0 Å². The first kappa shape index (κ1) is 11.3. The number of methoxy groups -OCH3 is 1. The number of nitrogens with one attached hydrogen (secondary N) is 1. The zero-order valence-corrected chi connectivity index (χ0v) is 9.73. The van der Waals surface area contributed by atoms with Crippen molar-refractivity contribution in [3.63, 3.8) is 0 Å². The van der Waals surface area contributed by atoms with Crippen LogP contribution in [0, 0.1) is 6.92 Å². The molecule has 1 radical (unpaired) electrons. The van der Waals surface area contributed by atoms with Crippen LogP contribution in [0.2, 0.25) is 0 Å².